The van der Waals surface area contributed by atoms with Crippen molar-refractivity contribution in [3.05, 3.63) is 53.3 Å². The van der Waals surface area contributed by atoms with Crippen molar-refractivity contribution in [2.75, 3.05) is 25.0 Å². The van der Waals surface area contributed by atoms with E-state index in [1.54, 1.807) is 30.6 Å². The van der Waals surface area contributed by atoms with Crippen LogP contribution in [0.4, 0.5) is 18.9 Å². The number of nitrogens with zero attached hydrogens (tertiary/aromatic N) is 2. The predicted octanol–water partition coefficient (Wildman–Crippen LogP) is 4.87. The van der Waals surface area contributed by atoms with E-state index in [1.165, 1.54) is 6.42 Å². The maximum absolute atomic E-state index is 12.8. The number of hydrogen-bond donors (Lipinski definition) is 2. The SMILES string of the molecule is CC1CCCCN1C(=O)c1cc(Cl)cc(OCCNc2ccncc2)c1.O=C(O)C(F)(F)F. The zero-order chi connectivity index (χ0) is 24.4. The lowest BCUT2D eigenvalue weighted by Crippen LogP contribution is -2.42. The first-order chi connectivity index (χ1) is 15.6. The zero-order valence-electron chi connectivity index (χ0n) is 17.9. The summed E-state index contributed by atoms with van der Waals surface area (Å²) < 4.78 is 37.5. The summed E-state index contributed by atoms with van der Waals surface area (Å²) in [6.07, 6.45) is 1.68. The van der Waals surface area contributed by atoms with Gasteiger partial charge in [0, 0.05) is 47.8 Å². The van der Waals surface area contributed by atoms with Gasteiger partial charge in [-0.2, -0.15) is 13.2 Å². The predicted molar refractivity (Wildman–Crippen MR) is 118 cm³/mol. The number of piperidine rings is 1. The Kier molecular flexibility index (Phi) is 9.77. The van der Waals surface area contributed by atoms with Gasteiger partial charge >= 0.3 is 12.1 Å². The van der Waals surface area contributed by atoms with E-state index in [2.05, 4.69) is 17.2 Å². The maximum atomic E-state index is 12.8. The second kappa shape index (κ2) is 12.3. The molecule has 180 valence electrons. The van der Waals surface area contributed by atoms with Gasteiger partial charge in [-0.25, -0.2) is 4.79 Å². The minimum Gasteiger partial charge on any atom is -0.492 e. The van der Waals surface area contributed by atoms with E-state index in [-0.39, 0.29) is 11.9 Å². The lowest BCUT2D eigenvalue weighted by molar-refractivity contribution is -0.192. The number of nitrogens with one attached hydrogen (secondary N) is 1. The molecule has 33 heavy (non-hydrogen) atoms. The Morgan fingerprint density at radius 1 is 1.24 bits per heavy atom. The number of carboxylic acid groups (broad SMARTS) is 1. The van der Waals surface area contributed by atoms with Crippen molar-refractivity contribution >= 4 is 29.2 Å². The first-order valence-corrected chi connectivity index (χ1v) is 10.6. The van der Waals surface area contributed by atoms with Gasteiger partial charge < -0.3 is 20.1 Å². The van der Waals surface area contributed by atoms with Crippen LogP contribution in [-0.4, -0.2) is 58.8 Å². The second-order valence-corrected chi connectivity index (χ2v) is 7.77. The van der Waals surface area contributed by atoms with Gasteiger partial charge in [0.15, 0.2) is 0 Å². The van der Waals surface area contributed by atoms with Crippen LogP contribution in [0, 0.1) is 0 Å². The molecule has 1 fully saturated rings. The molecule has 2 N–H and O–H groups in total. The van der Waals surface area contributed by atoms with Gasteiger partial charge in [-0.15, -0.1) is 0 Å². The Morgan fingerprint density at radius 2 is 1.91 bits per heavy atom. The number of likely N-dealkylation sites (tertiary alicyclic amines) is 1. The molecule has 0 saturated carbocycles. The van der Waals surface area contributed by atoms with Crippen LogP contribution >= 0.6 is 11.6 Å². The van der Waals surface area contributed by atoms with Crippen LogP contribution in [0.15, 0.2) is 42.7 Å². The number of anilines is 1. The molecule has 1 aromatic carbocycles. The van der Waals surface area contributed by atoms with Crippen molar-refractivity contribution in [2.45, 2.75) is 38.4 Å². The van der Waals surface area contributed by atoms with E-state index >= 15 is 0 Å². The molecule has 2 heterocycles. The minimum atomic E-state index is -5.08. The van der Waals surface area contributed by atoms with Crippen molar-refractivity contribution in [1.82, 2.24) is 9.88 Å². The zero-order valence-corrected chi connectivity index (χ0v) is 18.7. The van der Waals surface area contributed by atoms with Gasteiger partial charge in [-0.05, 0) is 56.5 Å². The third kappa shape index (κ3) is 8.80. The fourth-order valence-corrected chi connectivity index (χ4v) is 3.39. The van der Waals surface area contributed by atoms with E-state index in [9.17, 15) is 18.0 Å². The number of alkyl halides is 3. The summed E-state index contributed by atoms with van der Waals surface area (Å²) in [5.41, 5.74) is 1.58. The van der Waals surface area contributed by atoms with Crippen LogP contribution in [0.25, 0.3) is 0 Å². The second-order valence-electron chi connectivity index (χ2n) is 7.33. The van der Waals surface area contributed by atoms with Crippen LogP contribution in [0.1, 0.15) is 36.5 Å². The van der Waals surface area contributed by atoms with Crippen molar-refractivity contribution in [2.24, 2.45) is 0 Å². The van der Waals surface area contributed by atoms with Crippen LogP contribution < -0.4 is 10.1 Å². The molecule has 0 spiro atoms. The molecule has 0 radical (unpaired) electrons. The monoisotopic (exact) mass is 487 g/mol. The van der Waals surface area contributed by atoms with Crippen molar-refractivity contribution in [3.63, 3.8) is 0 Å². The molecule has 1 aliphatic heterocycles. The topological polar surface area (TPSA) is 91.8 Å². The highest BCUT2D eigenvalue weighted by atomic mass is 35.5. The van der Waals surface area contributed by atoms with Gasteiger partial charge in [0.25, 0.3) is 5.91 Å². The fraction of sp³-hybridized carbons (Fsp3) is 0.409. The van der Waals surface area contributed by atoms with Gasteiger partial charge in [0.05, 0.1) is 0 Å². The summed E-state index contributed by atoms with van der Waals surface area (Å²) in [7, 11) is 0. The third-order valence-electron chi connectivity index (χ3n) is 4.80. The summed E-state index contributed by atoms with van der Waals surface area (Å²) in [6.45, 7) is 4.02. The number of ether oxygens (including phenoxy) is 1. The summed E-state index contributed by atoms with van der Waals surface area (Å²) in [5, 5.41) is 10.9. The number of aromatic nitrogens is 1. The number of benzene rings is 1. The molecule has 1 aliphatic rings. The Hall–Kier alpha value is -3.01. The largest absolute Gasteiger partial charge is 0.492 e. The number of pyridine rings is 1. The Morgan fingerprint density at radius 3 is 2.52 bits per heavy atom. The van der Waals surface area contributed by atoms with E-state index in [0.717, 1.165) is 25.1 Å². The third-order valence-corrected chi connectivity index (χ3v) is 5.02. The summed E-state index contributed by atoms with van der Waals surface area (Å²) in [6, 6.07) is 9.30. The minimum absolute atomic E-state index is 0.0273. The van der Waals surface area contributed by atoms with E-state index in [0.29, 0.717) is 29.5 Å². The van der Waals surface area contributed by atoms with Gasteiger partial charge in [-0.1, -0.05) is 11.6 Å². The number of carbonyl (C=O) groups is 2. The molecule has 1 saturated heterocycles. The molecular formula is C22H25ClF3N3O4. The van der Waals surface area contributed by atoms with Crippen LogP contribution in [0.5, 0.6) is 5.75 Å². The first kappa shape index (κ1) is 26.2. The molecule has 11 heteroatoms. The number of carboxylic acids is 1. The lowest BCUT2D eigenvalue weighted by Gasteiger charge is -2.33. The average molecular weight is 488 g/mol. The highest BCUT2D eigenvalue weighted by molar-refractivity contribution is 6.31. The van der Waals surface area contributed by atoms with Crippen molar-refractivity contribution in [3.8, 4) is 5.75 Å². The smallest absolute Gasteiger partial charge is 0.490 e. The molecule has 1 amide bonds. The molecule has 3 rings (SSSR count). The van der Waals surface area contributed by atoms with E-state index in [4.69, 9.17) is 26.2 Å². The van der Waals surface area contributed by atoms with Gasteiger partial charge in [0.2, 0.25) is 0 Å². The highest BCUT2D eigenvalue weighted by Gasteiger charge is 2.38. The van der Waals surface area contributed by atoms with Crippen LogP contribution in [0.3, 0.4) is 0 Å². The fourth-order valence-electron chi connectivity index (χ4n) is 3.17. The molecule has 7 nitrogen and oxygen atoms in total. The molecule has 0 aliphatic carbocycles. The molecule has 0 bridgehead atoms. The molecule has 1 atom stereocenters. The highest BCUT2D eigenvalue weighted by Crippen LogP contribution is 2.25. The van der Waals surface area contributed by atoms with E-state index < -0.39 is 12.1 Å². The maximum Gasteiger partial charge on any atom is 0.490 e. The number of rotatable bonds is 6. The van der Waals surface area contributed by atoms with Gasteiger partial charge in [0.1, 0.15) is 12.4 Å². The van der Waals surface area contributed by atoms with Crippen LogP contribution in [-0.2, 0) is 4.79 Å². The summed E-state index contributed by atoms with van der Waals surface area (Å²) in [5.74, 6) is -2.12. The molecule has 2 aromatic rings. The normalized spacial score (nSPS) is 15.8. The summed E-state index contributed by atoms with van der Waals surface area (Å²) in [4.78, 5) is 27.6. The number of carbonyl (C=O) groups excluding carboxylic acids is 1. The average Bonchev–Trinajstić information content (AvgIpc) is 2.77. The van der Waals surface area contributed by atoms with Crippen molar-refractivity contribution in [1.29, 1.82) is 0 Å². The van der Waals surface area contributed by atoms with Gasteiger partial charge in [-0.3, -0.25) is 9.78 Å². The molecule has 1 unspecified atom stereocenters. The molecular weight excluding hydrogens is 463 g/mol. The Balaban J connectivity index is 0.000000479. The lowest BCUT2D eigenvalue weighted by atomic mass is 10.0. The van der Waals surface area contributed by atoms with E-state index in [1.807, 2.05) is 17.0 Å². The standard InChI is InChI=1S/C20H24ClN3O2.C2HF3O2/c1-15-4-2-3-10-24(15)20(25)16-12-17(21)14-19(13-16)26-11-9-23-18-5-7-22-8-6-18;3-2(4,5)1(6)7/h5-8,12-15H,2-4,9-11H2,1H3,(H,22,23);(H,6,7). The summed E-state index contributed by atoms with van der Waals surface area (Å²) >= 11 is 6.20. The number of aliphatic carboxylic acids is 1. The quantitative estimate of drug-likeness (QED) is 0.565. The first-order valence-electron chi connectivity index (χ1n) is 10.3. The number of amides is 1. The number of halogens is 4. The Bertz CT molecular complexity index is 929. The van der Waals surface area contributed by atoms with Crippen LogP contribution in [0.2, 0.25) is 5.02 Å². The molecule has 1 aromatic heterocycles. The Labute approximate surface area is 194 Å². The number of hydrogen-bond acceptors (Lipinski definition) is 5. The van der Waals surface area contributed by atoms with Crippen molar-refractivity contribution < 1.29 is 32.6 Å².